The molecule has 0 radical (unpaired) electrons. The van der Waals surface area contributed by atoms with E-state index in [9.17, 15) is 22.8 Å². The Morgan fingerprint density at radius 3 is 2.94 bits per heavy atom. The lowest BCUT2D eigenvalue weighted by Gasteiger charge is -2.35. The number of hydrogen-bond donors (Lipinski definition) is 1. The van der Waals surface area contributed by atoms with Gasteiger partial charge in [0, 0.05) is 19.5 Å². The Morgan fingerprint density at radius 2 is 2.12 bits per heavy atom. The molecule has 2 amide bonds. The minimum atomic E-state index is -4.42. The Balaban J connectivity index is 1.40. The van der Waals surface area contributed by atoms with Crippen molar-refractivity contribution < 1.29 is 27.5 Å². The topological polar surface area (TPSA) is 87.7 Å². The zero-order valence-corrected chi connectivity index (χ0v) is 17.7. The average molecular weight is 461 g/mol. The monoisotopic (exact) mass is 461 g/mol. The molecular formula is C22H22F3N5O3. The SMILES string of the molecule is O=C(CCC(F)(F)F)c1ccc2c(n1)N(C(=O)Nc1cc3c(cn1)OCCC3)[C@H]1CCN2C1. The summed E-state index contributed by atoms with van der Waals surface area (Å²) >= 11 is 0. The fourth-order valence-corrected chi connectivity index (χ4v) is 4.50. The van der Waals surface area contributed by atoms with E-state index in [0.29, 0.717) is 36.8 Å². The number of alkyl halides is 3. The molecule has 1 N–H and O–H groups in total. The minimum Gasteiger partial charge on any atom is -0.492 e. The van der Waals surface area contributed by atoms with Crippen molar-refractivity contribution in [1.29, 1.82) is 0 Å². The number of ketones is 1. The second-order valence-corrected chi connectivity index (χ2v) is 8.40. The van der Waals surface area contributed by atoms with Crippen LogP contribution in [0.5, 0.6) is 5.75 Å². The second-order valence-electron chi connectivity index (χ2n) is 8.40. The van der Waals surface area contributed by atoms with Crippen molar-refractivity contribution in [2.75, 3.05) is 34.8 Å². The third-order valence-electron chi connectivity index (χ3n) is 6.12. The molecular weight excluding hydrogens is 439 g/mol. The van der Waals surface area contributed by atoms with Crippen LogP contribution in [0.25, 0.3) is 0 Å². The van der Waals surface area contributed by atoms with Gasteiger partial charge in [-0.05, 0) is 43.0 Å². The van der Waals surface area contributed by atoms with Crippen molar-refractivity contribution >= 4 is 29.1 Å². The number of halogens is 3. The lowest BCUT2D eigenvalue weighted by molar-refractivity contribution is -0.133. The maximum absolute atomic E-state index is 13.3. The highest BCUT2D eigenvalue weighted by molar-refractivity contribution is 6.05. The Kier molecular flexibility index (Phi) is 5.34. The van der Waals surface area contributed by atoms with E-state index < -0.39 is 30.8 Å². The van der Waals surface area contributed by atoms with Crippen LogP contribution >= 0.6 is 0 Å². The summed E-state index contributed by atoms with van der Waals surface area (Å²) in [6.45, 7) is 1.98. The summed E-state index contributed by atoms with van der Waals surface area (Å²) in [7, 11) is 0. The summed E-state index contributed by atoms with van der Waals surface area (Å²) in [6, 6.07) is 4.25. The Morgan fingerprint density at radius 1 is 1.27 bits per heavy atom. The summed E-state index contributed by atoms with van der Waals surface area (Å²) in [5, 5.41) is 2.81. The number of carbonyl (C=O) groups excluding carboxylic acids is 2. The van der Waals surface area contributed by atoms with Crippen molar-refractivity contribution in [1.82, 2.24) is 9.97 Å². The molecule has 3 aliphatic rings. The number of fused-ring (bicyclic) bond motifs is 5. The van der Waals surface area contributed by atoms with E-state index in [1.807, 2.05) is 0 Å². The van der Waals surface area contributed by atoms with Crippen LogP contribution in [-0.2, 0) is 6.42 Å². The number of aryl methyl sites for hydroxylation is 1. The number of hydrogen-bond acceptors (Lipinski definition) is 6. The van der Waals surface area contributed by atoms with Crippen molar-refractivity contribution in [3.05, 3.63) is 35.7 Å². The summed E-state index contributed by atoms with van der Waals surface area (Å²) < 4.78 is 43.2. The van der Waals surface area contributed by atoms with Gasteiger partial charge in [-0.1, -0.05) is 0 Å². The number of amides is 2. The highest BCUT2D eigenvalue weighted by Crippen LogP contribution is 2.39. The number of aromatic nitrogens is 2. The molecule has 2 bridgehead atoms. The standard InChI is InChI=1S/C22H22F3N5O3/c23-22(24,25)7-5-17(31)15-3-4-16-20(27-15)30(14-6-8-29(16)12-14)21(32)28-19-10-13-2-1-9-33-18(13)11-26-19/h3-4,10-11,14H,1-2,5-9,12H2,(H,26,28,32)/t14-/m0/s1. The number of nitrogens with one attached hydrogen (secondary N) is 1. The van der Waals surface area contributed by atoms with E-state index in [4.69, 9.17) is 4.74 Å². The van der Waals surface area contributed by atoms with E-state index in [2.05, 4.69) is 20.2 Å². The van der Waals surface area contributed by atoms with E-state index in [1.165, 1.54) is 11.0 Å². The molecule has 0 unspecified atom stereocenters. The maximum atomic E-state index is 13.3. The molecule has 33 heavy (non-hydrogen) atoms. The van der Waals surface area contributed by atoms with Crippen LogP contribution in [0.15, 0.2) is 24.4 Å². The molecule has 5 rings (SSSR count). The van der Waals surface area contributed by atoms with Crippen molar-refractivity contribution in [2.24, 2.45) is 0 Å². The number of urea groups is 1. The van der Waals surface area contributed by atoms with Crippen molar-refractivity contribution in [3.63, 3.8) is 0 Å². The number of ether oxygens (including phenoxy) is 1. The maximum Gasteiger partial charge on any atom is 0.389 e. The van der Waals surface area contributed by atoms with E-state index in [1.54, 1.807) is 18.3 Å². The van der Waals surface area contributed by atoms with E-state index >= 15 is 0 Å². The predicted octanol–water partition coefficient (Wildman–Crippen LogP) is 3.96. The molecule has 174 valence electrons. The summed E-state index contributed by atoms with van der Waals surface area (Å²) in [5.74, 6) is 0.654. The van der Waals surface area contributed by atoms with Gasteiger partial charge in [-0.2, -0.15) is 13.2 Å². The van der Waals surface area contributed by atoms with Crippen LogP contribution in [0.1, 0.15) is 41.7 Å². The highest BCUT2D eigenvalue weighted by Gasteiger charge is 2.41. The second kappa shape index (κ2) is 8.20. The number of carbonyl (C=O) groups is 2. The van der Waals surface area contributed by atoms with Gasteiger partial charge in [0.1, 0.15) is 17.3 Å². The van der Waals surface area contributed by atoms with Crippen LogP contribution in [0.3, 0.4) is 0 Å². The first-order chi connectivity index (χ1) is 15.8. The Labute approximate surface area is 187 Å². The third kappa shape index (κ3) is 4.31. The van der Waals surface area contributed by atoms with E-state index in [0.717, 1.165) is 24.9 Å². The smallest absolute Gasteiger partial charge is 0.389 e. The lowest BCUT2D eigenvalue weighted by atomic mass is 10.1. The molecule has 8 nitrogen and oxygen atoms in total. The van der Waals surface area contributed by atoms with E-state index in [-0.39, 0.29) is 17.6 Å². The summed E-state index contributed by atoms with van der Waals surface area (Å²) in [6.07, 6.45) is -2.30. The molecule has 0 aliphatic carbocycles. The highest BCUT2D eigenvalue weighted by atomic mass is 19.4. The lowest BCUT2D eigenvalue weighted by Crippen LogP contribution is -2.48. The molecule has 0 spiro atoms. The number of nitrogens with zero attached hydrogens (tertiary/aromatic N) is 4. The molecule has 3 aliphatic heterocycles. The molecule has 11 heteroatoms. The van der Waals surface area contributed by atoms with Gasteiger partial charge in [0.05, 0.1) is 31.0 Å². The van der Waals surface area contributed by atoms with Crippen molar-refractivity contribution in [2.45, 2.75) is 44.3 Å². The van der Waals surface area contributed by atoms with Gasteiger partial charge < -0.3 is 9.64 Å². The number of anilines is 3. The fourth-order valence-electron chi connectivity index (χ4n) is 4.50. The number of pyridine rings is 2. The zero-order valence-electron chi connectivity index (χ0n) is 17.7. The quantitative estimate of drug-likeness (QED) is 0.694. The Hall–Kier alpha value is -3.37. The van der Waals surface area contributed by atoms with Crippen LogP contribution in [0, 0.1) is 0 Å². The number of Topliss-reactive ketones (excluding diaryl/α,β-unsaturated/α-hetero) is 1. The first-order valence-electron chi connectivity index (χ1n) is 10.9. The zero-order chi connectivity index (χ0) is 23.2. The van der Waals surface area contributed by atoms with Gasteiger partial charge in [0.15, 0.2) is 11.6 Å². The molecule has 0 aromatic carbocycles. The first-order valence-corrected chi connectivity index (χ1v) is 10.9. The predicted molar refractivity (Wildman–Crippen MR) is 114 cm³/mol. The first kappa shape index (κ1) is 21.5. The molecule has 0 saturated carbocycles. The molecule has 2 aromatic heterocycles. The van der Waals surface area contributed by atoms with Crippen LogP contribution in [-0.4, -0.2) is 53.7 Å². The van der Waals surface area contributed by atoms with Gasteiger partial charge >= 0.3 is 12.2 Å². The molecule has 1 atom stereocenters. The van der Waals surface area contributed by atoms with Crippen LogP contribution in [0.2, 0.25) is 0 Å². The van der Waals surface area contributed by atoms with Crippen molar-refractivity contribution in [3.8, 4) is 5.75 Å². The summed E-state index contributed by atoms with van der Waals surface area (Å²) in [4.78, 5) is 37.8. The fraction of sp³-hybridized carbons (Fsp3) is 0.455. The van der Waals surface area contributed by atoms with Gasteiger partial charge in [-0.15, -0.1) is 0 Å². The minimum absolute atomic E-state index is 0.0812. The summed E-state index contributed by atoms with van der Waals surface area (Å²) in [5.41, 5.74) is 1.56. The largest absolute Gasteiger partial charge is 0.492 e. The van der Waals surface area contributed by atoms with Gasteiger partial charge in [-0.25, -0.2) is 14.8 Å². The van der Waals surface area contributed by atoms with Gasteiger partial charge in [0.25, 0.3) is 0 Å². The molecule has 1 saturated heterocycles. The van der Waals surface area contributed by atoms with Gasteiger partial charge in [-0.3, -0.25) is 15.0 Å². The third-order valence-corrected chi connectivity index (χ3v) is 6.12. The normalized spacial score (nSPS) is 18.9. The van der Waals surface area contributed by atoms with Gasteiger partial charge in [0.2, 0.25) is 0 Å². The molecule has 5 heterocycles. The van der Waals surface area contributed by atoms with Crippen LogP contribution < -0.4 is 19.9 Å². The number of rotatable bonds is 4. The Bertz CT molecular complexity index is 1110. The molecule has 1 fully saturated rings. The van der Waals surface area contributed by atoms with Crippen LogP contribution in [0.4, 0.5) is 35.3 Å². The average Bonchev–Trinajstić information content (AvgIpc) is 3.20. The molecule has 2 aromatic rings.